The first-order valence-corrected chi connectivity index (χ1v) is 6.84. The van der Waals surface area contributed by atoms with E-state index in [0.717, 1.165) is 6.07 Å². The van der Waals surface area contributed by atoms with Crippen molar-refractivity contribution in [2.75, 3.05) is 6.61 Å². The molecule has 118 valence electrons. The Labute approximate surface area is 128 Å². The zero-order chi connectivity index (χ0) is 16.0. The highest BCUT2D eigenvalue weighted by atomic mass is 32.1. The second kappa shape index (κ2) is 5.60. The Morgan fingerprint density at radius 2 is 2.00 bits per heavy atom. The summed E-state index contributed by atoms with van der Waals surface area (Å²) in [5.74, 6) is -2.37. The number of hydrogen-bond donors (Lipinski definition) is 4. The maximum atomic E-state index is 13.3. The lowest BCUT2D eigenvalue weighted by atomic mass is 10.0. The molecular weight excluding hydrogens is 318 g/mol. The van der Waals surface area contributed by atoms with Gasteiger partial charge in [0.2, 0.25) is 0 Å². The number of H-pyrrole nitrogens is 1. The van der Waals surface area contributed by atoms with Crippen LogP contribution in [0.25, 0.3) is 11.0 Å². The molecule has 0 saturated carbocycles. The fourth-order valence-electron chi connectivity index (χ4n) is 2.47. The van der Waals surface area contributed by atoms with Gasteiger partial charge in [-0.3, -0.25) is 0 Å². The summed E-state index contributed by atoms with van der Waals surface area (Å²) in [6.45, 7) is -0.472. The Morgan fingerprint density at radius 1 is 1.27 bits per heavy atom. The van der Waals surface area contributed by atoms with Crippen molar-refractivity contribution in [2.24, 2.45) is 0 Å². The van der Waals surface area contributed by atoms with E-state index in [1.54, 1.807) is 0 Å². The maximum Gasteiger partial charge on any atom is 0.250 e. The van der Waals surface area contributed by atoms with Gasteiger partial charge in [-0.1, -0.05) is 12.2 Å². The van der Waals surface area contributed by atoms with Gasteiger partial charge < -0.3 is 25.0 Å². The zero-order valence-corrected chi connectivity index (χ0v) is 11.8. The smallest absolute Gasteiger partial charge is 0.250 e. The average Bonchev–Trinajstić information content (AvgIpc) is 2.76. The van der Waals surface area contributed by atoms with Gasteiger partial charge in [-0.25, -0.2) is 4.39 Å². The molecule has 1 fully saturated rings. The van der Waals surface area contributed by atoms with Crippen molar-refractivity contribution in [1.29, 1.82) is 0 Å². The van der Waals surface area contributed by atoms with Crippen molar-refractivity contribution in [2.45, 2.75) is 24.4 Å². The summed E-state index contributed by atoms with van der Waals surface area (Å²) >= 11 is 5.11. The van der Waals surface area contributed by atoms with E-state index in [1.165, 1.54) is 6.07 Å². The molecule has 0 bridgehead atoms. The third kappa shape index (κ3) is 2.40. The van der Waals surface area contributed by atoms with Crippen molar-refractivity contribution < 1.29 is 28.8 Å². The summed E-state index contributed by atoms with van der Waals surface area (Å²) in [6.07, 6.45) is -4.52. The number of hydrogen-bond acceptors (Lipinski definition) is 6. The largest absolute Gasteiger partial charge is 0.394 e. The molecular formula is C13H12F2N2O4S. The molecule has 6 nitrogen and oxygen atoms in total. The van der Waals surface area contributed by atoms with Gasteiger partial charge in [-0.05, 0) is 12.1 Å². The molecule has 2 unspecified atom stereocenters. The molecule has 0 spiro atoms. The molecule has 1 aliphatic heterocycles. The van der Waals surface area contributed by atoms with Crippen LogP contribution in [-0.2, 0) is 4.74 Å². The Bertz CT molecular complexity index is 784. The summed E-state index contributed by atoms with van der Waals surface area (Å²) in [6, 6.07) is 2.35. The number of nitrogens with zero attached hydrogens (tertiary/aromatic N) is 1. The number of ether oxygens (including phenoxy) is 1. The highest BCUT2D eigenvalue weighted by Crippen LogP contribution is 2.34. The molecule has 1 saturated heterocycles. The molecule has 2 aromatic rings. The van der Waals surface area contributed by atoms with Crippen molar-refractivity contribution in [3.8, 4) is 0 Å². The number of fused-ring (bicyclic) bond motifs is 1. The van der Waals surface area contributed by atoms with E-state index in [1.807, 2.05) is 0 Å². The lowest BCUT2D eigenvalue weighted by Crippen LogP contribution is -2.32. The van der Waals surface area contributed by atoms with Crippen molar-refractivity contribution in [1.82, 2.24) is 9.97 Å². The Balaban J connectivity index is 2.10. The van der Waals surface area contributed by atoms with Crippen LogP contribution in [0.1, 0.15) is 11.7 Å². The summed E-state index contributed by atoms with van der Waals surface area (Å²) in [5, 5.41) is 29.1. The van der Waals surface area contributed by atoms with Crippen LogP contribution in [0.3, 0.4) is 0 Å². The standard InChI is InChI=1S/C13H12F2N2O4S/c14-6-2-4-1-5(13(22)17-12(4)16-11(6)15)10-9(20)8(19)7(3-18)21-10/h1-2,7-10,18-20H,3H2,(H,16,17,22)/t7-,8?,9?,10+/m1/s1. The van der Waals surface area contributed by atoms with Gasteiger partial charge in [0.25, 0.3) is 5.95 Å². The summed E-state index contributed by atoms with van der Waals surface area (Å²) < 4.78 is 31.9. The number of nitrogens with one attached hydrogen (secondary N) is 1. The predicted octanol–water partition coefficient (Wildman–Crippen LogP) is 0.725. The number of aliphatic hydroxyl groups excluding tert-OH is 3. The average molecular weight is 330 g/mol. The molecule has 9 heteroatoms. The molecule has 3 heterocycles. The molecule has 0 aliphatic carbocycles. The second-order valence-electron chi connectivity index (χ2n) is 5.01. The minimum Gasteiger partial charge on any atom is -0.394 e. The first-order valence-electron chi connectivity index (χ1n) is 6.43. The third-order valence-corrected chi connectivity index (χ3v) is 3.95. The Morgan fingerprint density at radius 3 is 2.64 bits per heavy atom. The van der Waals surface area contributed by atoms with Gasteiger partial charge in [0.15, 0.2) is 5.82 Å². The Hall–Kier alpha value is -1.52. The molecule has 3 rings (SSSR count). The maximum absolute atomic E-state index is 13.3. The zero-order valence-electron chi connectivity index (χ0n) is 11.0. The summed E-state index contributed by atoms with van der Waals surface area (Å²) in [5.41, 5.74) is 0.345. The fourth-order valence-corrected chi connectivity index (χ4v) is 2.74. The lowest BCUT2D eigenvalue weighted by molar-refractivity contribution is -0.0229. The molecule has 4 N–H and O–H groups in total. The van der Waals surface area contributed by atoms with Crippen molar-refractivity contribution in [3.05, 3.63) is 34.1 Å². The van der Waals surface area contributed by atoms with E-state index in [0.29, 0.717) is 0 Å². The number of aliphatic hydroxyl groups is 3. The second-order valence-corrected chi connectivity index (χ2v) is 5.42. The summed E-state index contributed by atoms with van der Waals surface area (Å²) in [7, 11) is 0. The van der Waals surface area contributed by atoms with Crippen LogP contribution in [-0.4, -0.2) is 50.2 Å². The molecule has 2 aromatic heterocycles. The Kier molecular flexibility index (Phi) is 3.91. The molecule has 22 heavy (non-hydrogen) atoms. The number of pyridine rings is 2. The van der Waals surface area contributed by atoms with Crippen LogP contribution in [0.15, 0.2) is 12.1 Å². The highest BCUT2D eigenvalue weighted by Gasteiger charge is 2.43. The van der Waals surface area contributed by atoms with E-state index in [9.17, 15) is 19.0 Å². The SMILES string of the molecule is OC[C@H]1O[C@@H](c2cc3cc(F)c(F)nc3[nH]c2=S)C(O)C1O. The van der Waals surface area contributed by atoms with Crippen LogP contribution in [0.5, 0.6) is 0 Å². The van der Waals surface area contributed by atoms with Gasteiger partial charge in [0, 0.05) is 10.9 Å². The summed E-state index contributed by atoms with van der Waals surface area (Å²) in [4.78, 5) is 6.05. The quantitative estimate of drug-likeness (QED) is 0.479. The van der Waals surface area contributed by atoms with Crippen LogP contribution in [0, 0.1) is 16.4 Å². The minimum atomic E-state index is -1.30. The lowest BCUT2D eigenvalue weighted by Gasteiger charge is -2.15. The number of aromatic amines is 1. The first kappa shape index (κ1) is 15.4. The van der Waals surface area contributed by atoms with Crippen LogP contribution >= 0.6 is 12.2 Å². The van der Waals surface area contributed by atoms with Crippen molar-refractivity contribution >= 4 is 23.3 Å². The van der Waals surface area contributed by atoms with Crippen LogP contribution in [0.2, 0.25) is 0 Å². The minimum absolute atomic E-state index is 0.0550. The van der Waals surface area contributed by atoms with E-state index in [-0.39, 0.29) is 21.2 Å². The van der Waals surface area contributed by atoms with E-state index < -0.39 is 42.8 Å². The molecule has 0 amide bonds. The molecule has 0 aromatic carbocycles. The molecule has 4 atom stereocenters. The number of rotatable bonds is 2. The van der Waals surface area contributed by atoms with Gasteiger partial charge in [-0.15, -0.1) is 0 Å². The van der Waals surface area contributed by atoms with Gasteiger partial charge in [0.05, 0.1) is 6.61 Å². The van der Waals surface area contributed by atoms with E-state index >= 15 is 0 Å². The van der Waals surface area contributed by atoms with Crippen LogP contribution in [0.4, 0.5) is 8.78 Å². The first-order chi connectivity index (χ1) is 10.4. The van der Waals surface area contributed by atoms with Crippen molar-refractivity contribution in [3.63, 3.8) is 0 Å². The third-order valence-electron chi connectivity index (χ3n) is 3.62. The normalized spacial score (nSPS) is 28.4. The monoisotopic (exact) mass is 330 g/mol. The van der Waals surface area contributed by atoms with Crippen LogP contribution < -0.4 is 0 Å². The van der Waals surface area contributed by atoms with Gasteiger partial charge in [0.1, 0.15) is 34.7 Å². The fraction of sp³-hybridized carbons (Fsp3) is 0.385. The highest BCUT2D eigenvalue weighted by molar-refractivity contribution is 7.71. The molecule has 1 aliphatic rings. The predicted molar refractivity (Wildman–Crippen MR) is 73.6 cm³/mol. The molecule has 0 radical (unpaired) electrons. The van der Waals surface area contributed by atoms with Gasteiger partial charge >= 0.3 is 0 Å². The topological polar surface area (TPSA) is 98.6 Å². The van der Waals surface area contributed by atoms with Gasteiger partial charge in [-0.2, -0.15) is 9.37 Å². The van der Waals surface area contributed by atoms with E-state index in [2.05, 4.69) is 9.97 Å². The number of aromatic nitrogens is 2. The number of halogens is 2. The van der Waals surface area contributed by atoms with E-state index in [4.69, 9.17) is 22.1 Å².